The Bertz CT molecular complexity index is 1210. The number of fused-ring (bicyclic) bond motifs is 2. The van der Waals surface area contributed by atoms with Gasteiger partial charge in [0.1, 0.15) is 16.9 Å². The van der Waals surface area contributed by atoms with Crippen molar-refractivity contribution < 1.29 is 4.79 Å². The average Bonchev–Trinajstić information content (AvgIpc) is 2.99. The van der Waals surface area contributed by atoms with Crippen molar-refractivity contribution in [3.63, 3.8) is 0 Å². The lowest BCUT2D eigenvalue weighted by atomic mass is 10.2. The van der Waals surface area contributed by atoms with Crippen LogP contribution in [-0.4, -0.2) is 38.3 Å². The van der Waals surface area contributed by atoms with E-state index in [4.69, 9.17) is 5.73 Å². The van der Waals surface area contributed by atoms with Crippen molar-refractivity contribution in [1.29, 1.82) is 0 Å². The van der Waals surface area contributed by atoms with Gasteiger partial charge in [-0.15, -0.1) is 0 Å². The van der Waals surface area contributed by atoms with Gasteiger partial charge in [-0.1, -0.05) is 26.0 Å². The van der Waals surface area contributed by atoms with Gasteiger partial charge in [-0.2, -0.15) is 9.78 Å². The van der Waals surface area contributed by atoms with Gasteiger partial charge in [0.25, 0.3) is 5.91 Å². The van der Waals surface area contributed by atoms with Crippen LogP contribution in [0.4, 0.5) is 5.82 Å². The van der Waals surface area contributed by atoms with Gasteiger partial charge in [0, 0.05) is 18.9 Å². The van der Waals surface area contributed by atoms with E-state index in [9.17, 15) is 4.79 Å². The Kier molecular flexibility index (Phi) is 4.90. The molecule has 29 heavy (non-hydrogen) atoms. The smallest absolute Gasteiger partial charge is 0.257 e. The molecule has 0 saturated heterocycles. The summed E-state index contributed by atoms with van der Waals surface area (Å²) in [4.78, 5) is 26.2. The third kappa shape index (κ3) is 3.64. The fraction of sp³-hybridized carbons (Fsp3) is 0.190. The quantitative estimate of drug-likeness (QED) is 0.512. The van der Waals surface area contributed by atoms with Gasteiger partial charge in [-0.25, -0.2) is 9.97 Å². The lowest BCUT2D eigenvalue weighted by Gasteiger charge is -2.07. The second-order valence-corrected chi connectivity index (χ2v) is 7.09. The van der Waals surface area contributed by atoms with Gasteiger partial charge < -0.3 is 11.1 Å². The molecule has 0 spiro atoms. The zero-order valence-electron chi connectivity index (χ0n) is 16.2. The first-order valence-corrected chi connectivity index (χ1v) is 9.34. The molecule has 146 valence electrons. The topological polar surface area (TPSA) is 111 Å². The first-order valence-electron chi connectivity index (χ1n) is 9.34. The number of anilines is 1. The summed E-state index contributed by atoms with van der Waals surface area (Å²) in [6.45, 7) is 4.59. The van der Waals surface area contributed by atoms with Crippen molar-refractivity contribution in [2.24, 2.45) is 11.0 Å². The highest BCUT2D eigenvalue weighted by molar-refractivity contribution is 6.10. The van der Waals surface area contributed by atoms with Crippen molar-refractivity contribution in [3.05, 3.63) is 59.9 Å². The lowest BCUT2D eigenvalue weighted by Crippen LogP contribution is -2.28. The minimum Gasteiger partial charge on any atom is -0.383 e. The Balaban J connectivity index is 1.89. The molecule has 3 aromatic heterocycles. The van der Waals surface area contributed by atoms with Gasteiger partial charge in [-0.3, -0.25) is 9.78 Å². The number of nitrogens with two attached hydrogens (primary N) is 1. The summed E-state index contributed by atoms with van der Waals surface area (Å²) >= 11 is 0. The molecule has 8 heteroatoms. The first-order chi connectivity index (χ1) is 14.0. The highest BCUT2D eigenvalue weighted by Gasteiger charge is 2.24. The number of carbonyl (C=O) groups excluding carboxylic acids is 1. The molecule has 0 bridgehead atoms. The minimum absolute atomic E-state index is 0.196. The van der Waals surface area contributed by atoms with Crippen molar-refractivity contribution in [2.45, 2.75) is 13.8 Å². The van der Waals surface area contributed by atoms with Crippen LogP contribution in [0.25, 0.3) is 22.2 Å². The second-order valence-electron chi connectivity index (χ2n) is 7.09. The molecule has 1 aromatic carbocycles. The van der Waals surface area contributed by atoms with E-state index in [1.54, 1.807) is 18.6 Å². The van der Waals surface area contributed by atoms with Crippen LogP contribution >= 0.6 is 0 Å². The number of aromatic nitrogens is 4. The van der Waals surface area contributed by atoms with E-state index in [1.165, 1.54) is 4.68 Å². The van der Waals surface area contributed by atoms with Crippen LogP contribution in [0.1, 0.15) is 29.8 Å². The third-order valence-corrected chi connectivity index (χ3v) is 4.40. The number of para-hydroxylation sites is 2. The predicted molar refractivity (Wildman–Crippen MR) is 114 cm³/mol. The summed E-state index contributed by atoms with van der Waals surface area (Å²) in [5.41, 5.74) is 9.72. The van der Waals surface area contributed by atoms with Crippen molar-refractivity contribution in [2.75, 3.05) is 12.3 Å². The van der Waals surface area contributed by atoms with Crippen molar-refractivity contribution in [3.8, 4) is 0 Å². The summed E-state index contributed by atoms with van der Waals surface area (Å²) in [7, 11) is 0. The van der Waals surface area contributed by atoms with Gasteiger partial charge in [0.2, 0.25) is 0 Å². The number of carbonyl (C=O) groups is 1. The standard InChI is InChI=1S/C21H21N7O/c1-13(2)11-24-21(29)17-18-20(27-16-6-4-3-5-15(16)26-18)28(19(17)22)25-12-14-7-9-23-10-8-14/h3-10,12-13H,11,22H2,1-2H3,(H,24,29). The van der Waals surface area contributed by atoms with Crippen LogP contribution in [0.3, 0.4) is 0 Å². The Labute approximate surface area is 167 Å². The molecule has 4 aromatic rings. The second kappa shape index (κ2) is 7.67. The molecule has 3 heterocycles. The maximum atomic E-state index is 12.9. The monoisotopic (exact) mass is 387 g/mol. The molecule has 4 rings (SSSR count). The molecule has 0 aliphatic rings. The average molecular weight is 387 g/mol. The summed E-state index contributed by atoms with van der Waals surface area (Å²) in [6, 6.07) is 11.1. The van der Waals surface area contributed by atoms with E-state index in [2.05, 4.69) is 25.4 Å². The number of nitrogens with zero attached hydrogens (tertiary/aromatic N) is 5. The van der Waals surface area contributed by atoms with E-state index < -0.39 is 0 Å². The molecular weight excluding hydrogens is 366 g/mol. The molecule has 0 saturated carbocycles. The van der Waals surface area contributed by atoms with Crippen molar-refractivity contribution in [1.82, 2.24) is 24.9 Å². The Hall–Kier alpha value is -3.81. The molecule has 1 amide bonds. The molecule has 8 nitrogen and oxygen atoms in total. The number of nitrogen functional groups attached to an aromatic ring is 1. The van der Waals surface area contributed by atoms with E-state index in [0.717, 1.165) is 5.56 Å². The van der Waals surface area contributed by atoms with Gasteiger partial charge >= 0.3 is 0 Å². The SMILES string of the molecule is CC(C)CNC(=O)c1c(N)n(N=Cc2ccncc2)c2nc3ccccc3nc12. The van der Waals surface area contributed by atoms with Crippen LogP contribution < -0.4 is 11.1 Å². The summed E-state index contributed by atoms with van der Waals surface area (Å²) in [5.74, 6) is 0.218. The normalized spacial score (nSPS) is 11.7. The highest BCUT2D eigenvalue weighted by atomic mass is 16.1. The highest BCUT2D eigenvalue weighted by Crippen LogP contribution is 2.27. The minimum atomic E-state index is -0.288. The molecular formula is C21H21N7O. The van der Waals surface area contributed by atoms with Gasteiger partial charge in [0.15, 0.2) is 5.65 Å². The first kappa shape index (κ1) is 18.5. The predicted octanol–water partition coefficient (Wildman–Crippen LogP) is 2.83. The summed E-state index contributed by atoms with van der Waals surface area (Å²) in [6.07, 6.45) is 5.00. The zero-order chi connectivity index (χ0) is 20.4. The molecule has 0 atom stereocenters. The lowest BCUT2D eigenvalue weighted by molar-refractivity contribution is 0.0951. The molecule has 3 N–H and O–H groups in total. The fourth-order valence-electron chi connectivity index (χ4n) is 2.95. The van der Waals surface area contributed by atoms with Crippen LogP contribution in [0.5, 0.6) is 0 Å². The van der Waals surface area contributed by atoms with E-state index in [-0.39, 0.29) is 17.3 Å². The molecule has 0 fully saturated rings. The number of amides is 1. The Morgan fingerprint density at radius 3 is 2.55 bits per heavy atom. The maximum Gasteiger partial charge on any atom is 0.257 e. The third-order valence-electron chi connectivity index (χ3n) is 4.40. The number of benzene rings is 1. The fourth-order valence-corrected chi connectivity index (χ4v) is 2.95. The zero-order valence-corrected chi connectivity index (χ0v) is 16.2. The molecule has 0 unspecified atom stereocenters. The number of pyridine rings is 1. The van der Waals surface area contributed by atoms with Crippen LogP contribution in [0.2, 0.25) is 0 Å². The van der Waals surface area contributed by atoms with Gasteiger partial charge in [-0.05, 0) is 35.7 Å². The summed E-state index contributed by atoms with van der Waals surface area (Å²) in [5, 5.41) is 7.37. The maximum absolute atomic E-state index is 12.9. The van der Waals surface area contributed by atoms with E-state index in [1.807, 2.05) is 50.2 Å². The summed E-state index contributed by atoms with van der Waals surface area (Å²) < 4.78 is 1.46. The van der Waals surface area contributed by atoms with Gasteiger partial charge in [0.05, 0.1) is 17.2 Å². The Morgan fingerprint density at radius 1 is 1.17 bits per heavy atom. The van der Waals surface area contributed by atoms with Crippen LogP contribution in [-0.2, 0) is 0 Å². The molecule has 0 aliphatic carbocycles. The van der Waals surface area contributed by atoms with Crippen LogP contribution in [0, 0.1) is 5.92 Å². The number of rotatable bonds is 5. The number of hydrogen-bond acceptors (Lipinski definition) is 6. The van der Waals surface area contributed by atoms with E-state index >= 15 is 0 Å². The van der Waals surface area contributed by atoms with Crippen molar-refractivity contribution >= 4 is 40.1 Å². The number of nitrogens with one attached hydrogen (secondary N) is 1. The number of hydrogen-bond donors (Lipinski definition) is 2. The molecule has 0 radical (unpaired) electrons. The molecule has 0 aliphatic heterocycles. The van der Waals surface area contributed by atoms with Crippen LogP contribution in [0.15, 0.2) is 53.9 Å². The Morgan fingerprint density at radius 2 is 1.86 bits per heavy atom. The largest absolute Gasteiger partial charge is 0.383 e. The van der Waals surface area contributed by atoms with E-state index in [0.29, 0.717) is 34.7 Å².